The fraction of sp³-hybridized carbons (Fsp3) is 0.385. The van der Waals surface area contributed by atoms with Gasteiger partial charge in [0.25, 0.3) is 5.91 Å². The Labute approximate surface area is 101 Å². The highest BCUT2D eigenvalue weighted by molar-refractivity contribution is 5.95. The first-order valence-electron chi connectivity index (χ1n) is 5.68. The first-order valence-corrected chi connectivity index (χ1v) is 5.68. The van der Waals surface area contributed by atoms with Crippen LogP contribution < -0.4 is 5.43 Å². The molecule has 0 unspecified atom stereocenters. The van der Waals surface area contributed by atoms with E-state index in [9.17, 15) is 9.90 Å². The number of hydrazone groups is 1. The summed E-state index contributed by atoms with van der Waals surface area (Å²) in [5, 5.41) is 13.3. The number of nitrogens with one attached hydrogen (secondary N) is 1. The Morgan fingerprint density at radius 3 is 2.82 bits per heavy atom. The molecule has 0 aliphatic rings. The minimum atomic E-state index is -0.316. The molecule has 1 atom stereocenters. The maximum Gasteiger partial charge on any atom is 0.271 e. The highest BCUT2D eigenvalue weighted by Crippen LogP contribution is 2.10. The van der Waals surface area contributed by atoms with Crippen LogP contribution in [-0.2, 0) is 0 Å². The summed E-state index contributed by atoms with van der Waals surface area (Å²) in [6.07, 6.45) is 0.983. The zero-order chi connectivity index (χ0) is 12.8. The van der Waals surface area contributed by atoms with Crippen molar-refractivity contribution in [2.24, 2.45) is 11.0 Å². The van der Waals surface area contributed by atoms with Gasteiger partial charge in [-0.15, -0.1) is 0 Å². The van der Waals surface area contributed by atoms with E-state index in [4.69, 9.17) is 0 Å². The lowest BCUT2D eigenvalue weighted by atomic mass is 10.1. The van der Waals surface area contributed by atoms with E-state index in [-0.39, 0.29) is 11.7 Å². The van der Waals surface area contributed by atoms with Gasteiger partial charge in [-0.1, -0.05) is 19.9 Å². The second kappa shape index (κ2) is 6.03. The van der Waals surface area contributed by atoms with Gasteiger partial charge in [-0.05, 0) is 37.5 Å². The Balaban J connectivity index is 2.67. The number of phenolic OH excluding ortho intramolecular Hbond substituents is 1. The molecule has 0 bridgehead atoms. The van der Waals surface area contributed by atoms with E-state index < -0.39 is 0 Å². The van der Waals surface area contributed by atoms with Crippen molar-refractivity contribution in [2.45, 2.75) is 27.2 Å². The van der Waals surface area contributed by atoms with Crippen molar-refractivity contribution >= 4 is 11.6 Å². The topological polar surface area (TPSA) is 61.7 Å². The summed E-state index contributed by atoms with van der Waals surface area (Å²) in [7, 11) is 0. The quantitative estimate of drug-likeness (QED) is 0.621. The van der Waals surface area contributed by atoms with Crippen LogP contribution >= 0.6 is 0 Å². The van der Waals surface area contributed by atoms with Gasteiger partial charge < -0.3 is 5.11 Å². The first kappa shape index (κ1) is 13.2. The van der Waals surface area contributed by atoms with E-state index in [2.05, 4.69) is 24.4 Å². The third-order valence-corrected chi connectivity index (χ3v) is 2.77. The number of phenols is 1. The average Bonchev–Trinajstić information content (AvgIpc) is 2.34. The van der Waals surface area contributed by atoms with Gasteiger partial charge >= 0.3 is 0 Å². The molecule has 0 saturated heterocycles. The standard InChI is InChI=1S/C13H18N2O2/c1-4-9(2)10(3)14-15-13(17)11-6-5-7-12(16)8-11/h5-9,16H,4H2,1-3H3,(H,15,17)/b14-10-/t9-/m0/s1. The lowest BCUT2D eigenvalue weighted by molar-refractivity contribution is 0.0954. The van der Waals surface area contributed by atoms with Crippen molar-refractivity contribution in [1.29, 1.82) is 0 Å². The van der Waals surface area contributed by atoms with E-state index in [1.807, 2.05) is 6.92 Å². The molecule has 0 fully saturated rings. The molecule has 1 aromatic carbocycles. The summed E-state index contributed by atoms with van der Waals surface area (Å²) in [6.45, 7) is 6.01. The lowest BCUT2D eigenvalue weighted by Gasteiger charge is -2.08. The molecule has 0 spiro atoms. The number of carbonyl (C=O) groups excluding carboxylic acids is 1. The number of aromatic hydroxyl groups is 1. The lowest BCUT2D eigenvalue weighted by Crippen LogP contribution is -2.20. The number of nitrogens with zero attached hydrogens (tertiary/aromatic N) is 1. The predicted octanol–water partition coefficient (Wildman–Crippen LogP) is 2.54. The molecular weight excluding hydrogens is 216 g/mol. The fourth-order valence-corrected chi connectivity index (χ4v) is 1.26. The highest BCUT2D eigenvalue weighted by atomic mass is 16.3. The zero-order valence-electron chi connectivity index (χ0n) is 10.4. The van der Waals surface area contributed by atoms with Crippen molar-refractivity contribution in [1.82, 2.24) is 5.43 Å². The molecule has 1 aromatic rings. The summed E-state index contributed by atoms with van der Waals surface area (Å²) >= 11 is 0. The molecule has 0 aromatic heterocycles. The molecule has 92 valence electrons. The number of hydrogen-bond acceptors (Lipinski definition) is 3. The molecule has 4 heteroatoms. The first-order chi connectivity index (χ1) is 8.04. The Morgan fingerprint density at radius 2 is 2.24 bits per heavy atom. The van der Waals surface area contributed by atoms with Crippen LogP contribution in [-0.4, -0.2) is 16.7 Å². The van der Waals surface area contributed by atoms with Gasteiger partial charge in [0, 0.05) is 11.3 Å². The van der Waals surface area contributed by atoms with E-state index in [0.717, 1.165) is 12.1 Å². The van der Waals surface area contributed by atoms with Crippen molar-refractivity contribution in [3.05, 3.63) is 29.8 Å². The van der Waals surface area contributed by atoms with Gasteiger partial charge in [-0.2, -0.15) is 5.10 Å². The van der Waals surface area contributed by atoms with Crippen LogP contribution in [0.4, 0.5) is 0 Å². The third kappa shape index (κ3) is 3.90. The minimum Gasteiger partial charge on any atom is -0.508 e. The predicted molar refractivity (Wildman–Crippen MR) is 68.1 cm³/mol. The van der Waals surface area contributed by atoms with E-state index >= 15 is 0 Å². The van der Waals surface area contributed by atoms with E-state index in [1.54, 1.807) is 12.1 Å². The second-order valence-electron chi connectivity index (χ2n) is 4.05. The molecule has 0 heterocycles. The Hall–Kier alpha value is -1.84. The van der Waals surface area contributed by atoms with Crippen LogP contribution in [0, 0.1) is 5.92 Å². The molecule has 17 heavy (non-hydrogen) atoms. The highest BCUT2D eigenvalue weighted by Gasteiger charge is 2.06. The molecule has 1 amide bonds. The summed E-state index contributed by atoms with van der Waals surface area (Å²) in [5.41, 5.74) is 3.76. The number of rotatable bonds is 4. The maximum atomic E-state index is 11.7. The van der Waals surface area contributed by atoms with Gasteiger partial charge in [0.15, 0.2) is 0 Å². The van der Waals surface area contributed by atoms with Crippen molar-refractivity contribution in [3.63, 3.8) is 0 Å². The van der Waals surface area contributed by atoms with Gasteiger partial charge in [-0.3, -0.25) is 4.79 Å². The molecule has 0 aliphatic heterocycles. The van der Waals surface area contributed by atoms with Gasteiger partial charge in [0.1, 0.15) is 5.75 Å². The smallest absolute Gasteiger partial charge is 0.271 e. The van der Waals surface area contributed by atoms with Crippen molar-refractivity contribution in [3.8, 4) is 5.75 Å². The van der Waals surface area contributed by atoms with Gasteiger partial charge in [-0.25, -0.2) is 5.43 Å². The summed E-state index contributed by atoms with van der Waals surface area (Å²) < 4.78 is 0. The number of benzene rings is 1. The molecule has 1 rings (SSSR count). The largest absolute Gasteiger partial charge is 0.508 e. The molecular formula is C13H18N2O2. The summed E-state index contributed by atoms with van der Waals surface area (Å²) in [5.74, 6) is 0.100. The Kier molecular flexibility index (Phi) is 4.69. The normalized spacial score (nSPS) is 13.2. The fourth-order valence-electron chi connectivity index (χ4n) is 1.26. The second-order valence-corrected chi connectivity index (χ2v) is 4.05. The average molecular weight is 234 g/mol. The Bertz CT molecular complexity index is 427. The maximum absolute atomic E-state index is 11.7. The van der Waals surface area contributed by atoms with Crippen molar-refractivity contribution in [2.75, 3.05) is 0 Å². The molecule has 0 saturated carbocycles. The molecule has 2 N–H and O–H groups in total. The third-order valence-electron chi connectivity index (χ3n) is 2.77. The monoisotopic (exact) mass is 234 g/mol. The minimum absolute atomic E-state index is 0.0697. The van der Waals surface area contributed by atoms with Crippen LogP contribution in [0.3, 0.4) is 0 Å². The number of amides is 1. The van der Waals surface area contributed by atoms with Gasteiger partial charge in [0.2, 0.25) is 0 Å². The van der Waals surface area contributed by atoms with Crippen LogP contribution in [0.2, 0.25) is 0 Å². The number of carbonyl (C=O) groups is 1. The summed E-state index contributed by atoms with van der Waals surface area (Å²) in [4.78, 5) is 11.7. The summed E-state index contributed by atoms with van der Waals surface area (Å²) in [6, 6.07) is 6.17. The van der Waals surface area contributed by atoms with Crippen LogP contribution in [0.25, 0.3) is 0 Å². The molecule has 4 nitrogen and oxygen atoms in total. The van der Waals surface area contributed by atoms with Crippen molar-refractivity contribution < 1.29 is 9.90 Å². The van der Waals surface area contributed by atoms with E-state index in [0.29, 0.717) is 11.5 Å². The van der Waals surface area contributed by atoms with E-state index in [1.165, 1.54) is 12.1 Å². The molecule has 0 radical (unpaired) electrons. The molecule has 0 aliphatic carbocycles. The van der Waals surface area contributed by atoms with Gasteiger partial charge in [0.05, 0.1) is 0 Å². The Morgan fingerprint density at radius 1 is 1.53 bits per heavy atom. The van der Waals surface area contributed by atoms with Crippen LogP contribution in [0.1, 0.15) is 37.6 Å². The SMILES string of the molecule is CC[C@H](C)/C(C)=N\NC(=O)c1cccc(O)c1. The number of hydrogen-bond donors (Lipinski definition) is 2. The van der Waals surface area contributed by atoms with Crippen LogP contribution in [0.15, 0.2) is 29.4 Å². The van der Waals surface area contributed by atoms with Crippen LogP contribution in [0.5, 0.6) is 5.75 Å². The zero-order valence-corrected chi connectivity index (χ0v) is 10.4.